The summed E-state index contributed by atoms with van der Waals surface area (Å²) in [6.07, 6.45) is 7.05. The van der Waals surface area contributed by atoms with Crippen molar-refractivity contribution in [1.29, 1.82) is 0 Å². The SMILES string of the molecule is O=C(Nc1cnn(C[C@H]2COc3ccccc3O2)c1)c1noc2c1CCCC2. The average Bonchev–Trinajstić information content (AvgIpc) is 3.34. The van der Waals surface area contributed by atoms with E-state index in [1.54, 1.807) is 17.1 Å². The van der Waals surface area contributed by atoms with E-state index >= 15 is 0 Å². The molecular formula is C20H20N4O4. The topological polar surface area (TPSA) is 91.4 Å². The molecule has 0 bridgehead atoms. The molecule has 28 heavy (non-hydrogen) atoms. The van der Waals surface area contributed by atoms with Crippen molar-refractivity contribution in [2.45, 2.75) is 38.3 Å². The number of amides is 1. The summed E-state index contributed by atoms with van der Waals surface area (Å²) in [6.45, 7) is 0.965. The minimum Gasteiger partial charge on any atom is -0.486 e. The van der Waals surface area contributed by atoms with Gasteiger partial charge in [0, 0.05) is 18.2 Å². The van der Waals surface area contributed by atoms with Crippen molar-refractivity contribution >= 4 is 11.6 Å². The minimum absolute atomic E-state index is 0.152. The Hall–Kier alpha value is -3.29. The molecule has 5 rings (SSSR count). The van der Waals surface area contributed by atoms with Gasteiger partial charge in [-0.1, -0.05) is 17.3 Å². The van der Waals surface area contributed by atoms with Crippen LogP contribution in [0.15, 0.2) is 41.2 Å². The molecule has 3 aromatic rings. The van der Waals surface area contributed by atoms with Gasteiger partial charge in [0.2, 0.25) is 0 Å². The second-order valence-electron chi connectivity index (χ2n) is 7.04. The predicted molar refractivity (Wildman–Crippen MR) is 99.7 cm³/mol. The van der Waals surface area contributed by atoms with E-state index in [9.17, 15) is 4.79 Å². The van der Waals surface area contributed by atoms with Gasteiger partial charge in [-0.3, -0.25) is 9.48 Å². The van der Waals surface area contributed by atoms with Gasteiger partial charge in [0.25, 0.3) is 5.91 Å². The normalized spacial score (nSPS) is 17.8. The third-order valence-corrected chi connectivity index (χ3v) is 5.01. The van der Waals surface area contributed by atoms with Crippen LogP contribution >= 0.6 is 0 Å². The minimum atomic E-state index is -0.266. The maximum atomic E-state index is 12.6. The first kappa shape index (κ1) is 16.9. The molecule has 0 unspecified atom stereocenters. The number of carbonyl (C=O) groups is 1. The number of nitrogens with zero attached hydrogens (tertiary/aromatic N) is 3. The van der Waals surface area contributed by atoms with Crippen molar-refractivity contribution in [3.63, 3.8) is 0 Å². The molecule has 2 aromatic heterocycles. The highest BCUT2D eigenvalue weighted by atomic mass is 16.6. The van der Waals surface area contributed by atoms with Crippen LogP contribution in [0.2, 0.25) is 0 Å². The number of anilines is 1. The van der Waals surface area contributed by atoms with Gasteiger partial charge in [0.15, 0.2) is 23.3 Å². The fourth-order valence-electron chi connectivity index (χ4n) is 3.64. The Morgan fingerprint density at radius 3 is 3.00 bits per heavy atom. The Balaban J connectivity index is 1.23. The summed E-state index contributed by atoms with van der Waals surface area (Å²) < 4.78 is 18.7. The largest absolute Gasteiger partial charge is 0.486 e. The molecule has 1 aliphatic carbocycles. The zero-order valence-corrected chi connectivity index (χ0v) is 15.3. The molecule has 1 aliphatic heterocycles. The molecule has 0 radical (unpaired) electrons. The van der Waals surface area contributed by atoms with Crippen molar-refractivity contribution in [3.8, 4) is 11.5 Å². The summed E-state index contributed by atoms with van der Waals surface area (Å²) >= 11 is 0. The number of carbonyl (C=O) groups excluding carboxylic acids is 1. The molecule has 144 valence electrons. The summed E-state index contributed by atoms with van der Waals surface area (Å²) in [5.74, 6) is 2.05. The maximum Gasteiger partial charge on any atom is 0.278 e. The molecule has 1 amide bonds. The third kappa shape index (κ3) is 3.21. The van der Waals surface area contributed by atoms with Crippen LogP contribution in [0.1, 0.15) is 34.7 Å². The molecule has 0 spiro atoms. The monoisotopic (exact) mass is 380 g/mol. The lowest BCUT2D eigenvalue weighted by Crippen LogP contribution is -2.33. The second-order valence-corrected chi connectivity index (χ2v) is 7.04. The summed E-state index contributed by atoms with van der Waals surface area (Å²) in [4.78, 5) is 12.6. The van der Waals surface area contributed by atoms with Gasteiger partial charge in [-0.15, -0.1) is 0 Å². The van der Waals surface area contributed by atoms with Crippen LogP contribution in [0.5, 0.6) is 11.5 Å². The van der Waals surface area contributed by atoms with Crippen molar-refractivity contribution in [3.05, 3.63) is 53.7 Å². The zero-order valence-electron chi connectivity index (χ0n) is 15.3. The number of aryl methyl sites for hydroxylation is 1. The van der Waals surface area contributed by atoms with Crippen molar-refractivity contribution in [2.24, 2.45) is 0 Å². The number of ether oxygens (including phenoxy) is 2. The quantitative estimate of drug-likeness (QED) is 0.748. The molecule has 0 saturated carbocycles. The van der Waals surface area contributed by atoms with Gasteiger partial charge < -0.3 is 19.3 Å². The summed E-state index contributed by atoms with van der Waals surface area (Å²) in [6, 6.07) is 7.59. The Morgan fingerprint density at radius 1 is 1.21 bits per heavy atom. The molecule has 2 aliphatic rings. The van der Waals surface area contributed by atoms with Crippen molar-refractivity contribution in [1.82, 2.24) is 14.9 Å². The van der Waals surface area contributed by atoms with Crippen LogP contribution in [0, 0.1) is 0 Å². The van der Waals surface area contributed by atoms with Crippen LogP contribution in [0.25, 0.3) is 0 Å². The molecular weight excluding hydrogens is 360 g/mol. The first-order valence-electron chi connectivity index (χ1n) is 9.46. The Labute approximate surface area is 161 Å². The molecule has 1 N–H and O–H groups in total. The fraction of sp³-hybridized carbons (Fsp3) is 0.350. The Morgan fingerprint density at radius 2 is 2.07 bits per heavy atom. The van der Waals surface area contributed by atoms with Crippen molar-refractivity contribution < 1.29 is 18.8 Å². The van der Waals surface area contributed by atoms with Crippen LogP contribution in [0.4, 0.5) is 5.69 Å². The summed E-state index contributed by atoms with van der Waals surface area (Å²) in [7, 11) is 0. The van der Waals surface area contributed by atoms with E-state index in [2.05, 4.69) is 15.6 Å². The number of nitrogens with one attached hydrogen (secondary N) is 1. The lowest BCUT2D eigenvalue weighted by molar-refractivity contribution is 0.0759. The molecule has 1 aromatic carbocycles. The van der Waals surface area contributed by atoms with Gasteiger partial charge >= 0.3 is 0 Å². The number of aromatic nitrogens is 3. The van der Waals surface area contributed by atoms with E-state index in [-0.39, 0.29) is 12.0 Å². The number of hydrogen-bond donors (Lipinski definition) is 1. The van der Waals surface area contributed by atoms with E-state index in [0.717, 1.165) is 48.5 Å². The lowest BCUT2D eigenvalue weighted by Gasteiger charge is -2.26. The van der Waals surface area contributed by atoms with Gasteiger partial charge in [-0.25, -0.2) is 0 Å². The fourth-order valence-corrected chi connectivity index (χ4v) is 3.64. The summed E-state index contributed by atoms with van der Waals surface area (Å²) in [5, 5.41) is 11.1. The average molecular weight is 380 g/mol. The molecule has 0 fully saturated rings. The lowest BCUT2D eigenvalue weighted by atomic mass is 9.96. The van der Waals surface area contributed by atoms with E-state index < -0.39 is 0 Å². The van der Waals surface area contributed by atoms with Crippen molar-refractivity contribution in [2.75, 3.05) is 11.9 Å². The second kappa shape index (κ2) is 7.03. The van der Waals surface area contributed by atoms with E-state index in [1.807, 2.05) is 24.3 Å². The first-order valence-corrected chi connectivity index (χ1v) is 9.46. The number of benzene rings is 1. The van der Waals surface area contributed by atoms with Gasteiger partial charge in [0.1, 0.15) is 12.4 Å². The van der Waals surface area contributed by atoms with E-state index in [1.165, 1.54) is 0 Å². The smallest absolute Gasteiger partial charge is 0.278 e. The van der Waals surface area contributed by atoms with Gasteiger partial charge in [-0.2, -0.15) is 5.10 Å². The number of para-hydroxylation sites is 2. The molecule has 3 heterocycles. The van der Waals surface area contributed by atoms with Gasteiger partial charge in [-0.05, 0) is 31.4 Å². The Kier molecular flexibility index (Phi) is 4.23. The predicted octanol–water partition coefficient (Wildman–Crippen LogP) is 2.84. The highest BCUT2D eigenvalue weighted by Crippen LogP contribution is 2.31. The highest BCUT2D eigenvalue weighted by molar-refractivity contribution is 6.03. The molecule has 1 atom stereocenters. The van der Waals surface area contributed by atoms with E-state index in [4.69, 9.17) is 14.0 Å². The maximum absolute atomic E-state index is 12.6. The summed E-state index contributed by atoms with van der Waals surface area (Å²) in [5.41, 5.74) is 1.92. The molecule has 0 saturated heterocycles. The Bertz CT molecular complexity index is 1010. The standard InChI is InChI=1S/C20H20N4O4/c25-20(19-15-5-1-2-6-16(15)28-23-19)22-13-9-21-24(10-13)11-14-12-26-17-7-3-4-8-18(17)27-14/h3-4,7-10,14H,1-2,5-6,11-12H2,(H,22,25)/t14-/m0/s1. The number of hydrogen-bond acceptors (Lipinski definition) is 6. The van der Waals surface area contributed by atoms with E-state index in [0.29, 0.717) is 24.5 Å². The first-order chi connectivity index (χ1) is 13.8. The molecule has 8 heteroatoms. The zero-order chi connectivity index (χ0) is 18.9. The van der Waals surface area contributed by atoms with Crippen LogP contribution < -0.4 is 14.8 Å². The molecule has 8 nitrogen and oxygen atoms in total. The van der Waals surface area contributed by atoms with Gasteiger partial charge in [0.05, 0.1) is 18.4 Å². The van der Waals surface area contributed by atoms with Crippen LogP contribution in [-0.2, 0) is 19.4 Å². The van der Waals surface area contributed by atoms with Crippen LogP contribution in [-0.4, -0.2) is 33.6 Å². The third-order valence-electron chi connectivity index (χ3n) is 5.01. The number of fused-ring (bicyclic) bond motifs is 2. The van der Waals surface area contributed by atoms with Crippen LogP contribution in [0.3, 0.4) is 0 Å². The number of rotatable bonds is 4. The highest BCUT2D eigenvalue weighted by Gasteiger charge is 2.25.